The van der Waals surface area contributed by atoms with E-state index in [2.05, 4.69) is 5.32 Å². The molecule has 0 bridgehead atoms. The van der Waals surface area contributed by atoms with E-state index in [0.717, 1.165) is 22.9 Å². The zero-order valence-corrected chi connectivity index (χ0v) is 24.3. The molecule has 2 aromatic rings. The Morgan fingerprint density at radius 1 is 1.08 bits per heavy atom. The van der Waals surface area contributed by atoms with Crippen LogP contribution in [0.1, 0.15) is 56.7 Å². The number of anilines is 1. The van der Waals surface area contributed by atoms with Crippen molar-refractivity contribution in [1.82, 2.24) is 10.2 Å². The lowest BCUT2D eigenvalue weighted by Gasteiger charge is -2.31. The average molecular weight is 550 g/mol. The van der Waals surface area contributed by atoms with Crippen LogP contribution in [0.25, 0.3) is 0 Å². The third-order valence-electron chi connectivity index (χ3n) is 6.10. The molecular weight excluding hydrogens is 510 g/mol. The fourth-order valence-electron chi connectivity index (χ4n) is 4.18. The highest BCUT2D eigenvalue weighted by atomic mass is 35.5. The molecule has 1 unspecified atom stereocenters. The van der Waals surface area contributed by atoms with Crippen LogP contribution in [-0.2, 0) is 26.2 Å². The summed E-state index contributed by atoms with van der Waals surface area (Å²) in [6.45, 7) is 10.7. The molecule has 0 aliphatic rings. The normalized spacial score (nSPS) is 12.3. The van der Waals surface area contributed by atoms with Crippen molar-refractivity contribution in [2.24, 2.45) is 5.92 Å². The molecule has 7 nitrogen and oxygen atoms in total. The Bertz CT molecular complexity index is 1180. The van der Waals surface area contributed by atoms with Gasteiger partial charge in [-0.3, -0.25) is 13.9 Å². The van der Waals surface area contributed by atoms with Crippen LogP contribution in [0.5, 0.6) is 0 Å². The average Bonchev–Trinajstić information content (AvgIpc) is 2.81. The standard InChI is InChI=1S/C28H40ClN3O4S/c1-7-25(28(34)30-18-20(2)3)31(19-23-11-8-10-21(4)16-23)27(33)12-9-15-32(37(6,35)36)26-17-24(29)14-13-22(26)5/h8,10-11,13-14,16-17,20,25H,7,9,12,15,18-19H2,1-6H3,(H,30,34). The van der Waals surface area contributed by atoms with Crippen LogP contribution < -0.4 is 9.62 Å². The van der Waals surface area contributed by atoms with Crippen LogP contribution in [-0.4, -0.2) is 50.5 Å². The Morgan fingerprint density at radius 3 is 2.38 bits per heavy atom. The summed E-state index contributed by atoms with van der Waals surface area (Å²) < 4.78 is 26.5. The summed E-state index contributed by atoms with van der Waals surface area (Å²) in [6.07, 6.45) is 2.02. The van der Waals surface area contributed by atoms with Gasteiger partial charge in [-0.1, -0.05) is 68.3 Å². The largest absolute Gasteiger partial charge is 0.354 e. The molecule has 0 saturated heterocycles. The molecule has 0 spiro atoms. The highest BCUT2D eigenvalue weighted by Crippen LogP contribution is 2.27. The Kier molecular flexibility index (Phi) is 11.4. The molecule has 2 aromatic carbocycles. The minimum Gasteiger partial charge on any atom is -0.354 e. The molecule has 2 amide bonds. The van der Waals surface area contributed by atoms with Crippen molar-refractivity contribution in [3.63, 3.8) is 0 Å². The van der Waals surface area contributed by atoms with Crippen molar-refractivity contribution < 1.29 is 18.0 Å². The molecule has 0 aliphatic carbocycles. The van der Waals surface area contributed by atoms with Gasteiger partial charge < -0.3 is 10.2 Å². The number of nitrogens with zero attached hydrogens (tertiary/aromatic N) is 2. The first-order chi connectivity index (χ1) is 17.3. The molecule has 0 radical (unpaired) electrons. The van der Waals surface area contributed by atoms with Gasteiger partial charge in [-0.25, -0.2) is 8.42 Å². The number of sulfonamides is 1. The number of carbonyl (C=O) groups is 2. The molecule has 0 aromatic heterocycles. The highest BCUT2D eigenvalue weighted by molar-refractivity contribution is 7.92. The number of nitrogens with one attached hydrogen (secondary N) is 1. The number of aryl methyl sites for hydroxylation is 2. The molecule has 0 heterocycles. The molecule has 204 valence electrons. The van der Waals surface area contributed by atoms with E-state index in [-0.39, 0.29) is 24.8 Å². The monoisotopic (exact) mass is 549 g/mol. The quantitative estimate of drug-likeness (QED) is 0.377. The van der Waals surface area contributed by atoms with Crippen LogP contribution in [0.4, 0.5) is 5.69 Å². The Morgan fingerprint density at radius 2 is 1.78 bits per heavy atom. The molecule has 37 heavy (non-hydrogen) atoms. The van der Waals surface area contributed by atoms with E-state index >= 15 is 0 Å². The first-order valence-corrected chi connectivity index (χ1v) is 14.9. The number of rotatable bonds is 13. The third kappa shape index (κ3) is 9.34. The van der Waals surface area contributed by atoms with Crippen LogP contribution >= 0.6 is 11.6 Å². The van der Waals surface area contributed by atoms with Gasteiger partial charge in [0.15, 0.2) is 0 Å². The first-order valence-electron chi connectivity index (χ1n) is 12.7. The topological polar surface area (TPSA) is 86.8 Å². The summed E-state index contributed by atoms with van der Waals surface area (Å²) in [6, 6.07) is 12.4. The predicted octanol–water partition coefficient (Wildman–Crippen LogP) is 5.08. The number of halogens is 1. The lowest BCUT2D eigenvalue weighted by Crippen LogP contribution is -2.49. The van der Waals surface area contributed by atoms with Gasteiger partial charge in [-0.05, 0) is 55.9 Å². The van der Waals surface area contributed by atoms with Crippen molar-refractivity contribution in [2.45, 2.75) is 66.5 Å². The Balaban J connectivity index is 2.24. The lowest BCUT2D eigenvalue weighted by atomic mass is 10.1. The molecule has 1 N–H and O–H groups in total. The van der Waals surface area contributed by atoms with Crippen LogP contribution in [0.2, 0.25) is 5.02 Å². The number of carbonyl (C=O) groups excluding carboxylic acids is 2. The lowest BCUT2D eigenvalue weighted by molar-refractivity contribution is -0.141. The maximum Gasteiger partial charge on any atom is 0.242 e. The van der Waals surface area contributed by atoms with E-state index in [1.54, 1.807) is 23.1 Å². The van der Waals surface area contributed by atoms with Gasteiger partial charge in [-0.15, -0.1) is 0 Å². The number of hydrogen-bond donors (Lipinski definition) is 1. The summed E-state index contributed by atoms with van der Waals surface area (Å²) in [4.78, 5) is 28.2. The van der Waals surface area contributed by atoms with E-state index in [1.807, 2.05) is 58.9 Å². The SMILES string of the molecule is CCC(C(=O)NCC(C)C)N(Cc1cccc(C)c1)C(=O)CCCN(c1cc(Cl)ccc1C)S(C)(=O)=O. The number of amides is 2. The Labute approximate surface area is 227 Å². The second-order valence-corrected chi connectivity index (χ2v) is 12.3. The molecule has 0 fully saturated rings. The highest BCUT2D eigenvalue weighted by Gasteiger charge is 2.29. The van der Waals surface area contributed by atoms with Crippen LogP contribution in [0.3, 0.4) is 0 Å². The van der Waals surface area contributed by atoms with E-state index < -0.39 is 16.1 Å². The number of hydrogen-bond acceptors (Lipinski definition) is 4. The van der Waals surface area contributed by atoms with Gasteiger partial charge in [0.1, 0.15) is 6.04 Å². The minimum atomic E-state index is -3.59. The summed E-state index contributed by atoms with van der Waals surface area (Å²) in [5, 5.41) is 3.40. The van der Waals surface area contributed by atoms with E-state index in [1.165, 1.54) is 4.31 Å². The minimum absolute atomic E-state index is 0.103. The zero-order chi connectivity index (χ0) is 27.8. The third-order valence-corrected chi connectivity index (χ3v) is 7.51. The fourth-order valence-corrected chi connectivity index (χ4v) is 5.36. The van der Waals surface area contributed by atoms with Crippen molar-refractivity contribution in [3.05, 3.63) is 64.2 Å². The maximum atomic E-state index is 13.5. The summed E-state index contributed by atoms with van der Waals surface area (Å²) >= 11 is 6.13. The molecule has 0 saturated carbocycles. The van der Waals surface area contributed by atoms with E-state index in [9.17, 15) is 18.0 Å². The van der Waals surface area contributed by atoms with Gasteiger partial charge in [0.25, 0.3) is 0 Å². The Hall–Kier alpha value is -2.58. The van der Waals surface area contributed by atoms with E-state index in [0.29, 0.717) is 42.6 Å². The molecule has 9 heteroatoms. The van der Waals surface area contributed by atoms with Crippen LogP contribution in [0, 0.1) is 19.8 Å². The summed E-state index contributed by atoms with van der Waals surface area (Å²) in [5.74, 6) is -0.0758. The maximum absolute atomic E-state index is 13.5. The van der Waals surface area contributed by atoms with Gasteiger partial charge >= 0.3 is 0 Å². The molecule has 1 atom stereocenters. The number of benzene rings is 2. The van der Waals surface area contributed by atoms with Gasteiger partial charge in [0, 0.05) is 31.1 Å². The van der Waals surface area contributed by atoms with Gasteiger partial charge in [0.2, 0.25) is 21.8 Å². The van der Waals surface area contributed by atoms with E-state index in [4.69, 9.17) is 11.6 Å². The van der Waals surface area contributed by atoms with Crippen LogP contribution in [0.15, 0.2) is 42.5 Å². The predicted molar refractivity (Wildman–Crippen MR) is 151 cm³/mol. The summed E-state index contributed by atoms with van der Waals surface area (Å²) in [7, 11) is -3.59. The van der Waals surface area contributed by atoms with Crippen molar-refractivity contribution in [1.29, 1.82) is 0 Å². The second-order valence-electron chi connectivity index (χ2n) is 9.94. The molecule has 2 rings (SSSR count). The molecular formula is C28H40ClN3O4S. The van der Waals surface area contributed by atoms with Crippen molar-refractivity contribution in [3.8, 4) is 0 Å². The smallest absolute Gasteiger partial charge is 0.242 e. The van der Waals surface area contributed by atoms with Crippen molar-refractivity contribution >= 4 is 39.1 Å². The van der Waals surface area contributed by atoms with Gasteiger partial charge in [-0.2, -0.15) is 0 Å². The zero-order valence-electron chi connectivity index (χ0n) is 22.8. The van der Waals surface area contributed by atoms with Gasteiger partial charge in [0.05, 0.1) is 11.9 Å². The van der Waals surface area contributed by atoms with Crippen molar-refractivity contribution in [2.75, 3.05) is 23.7 Å². The first kappa shape index (κ1) is 30.6. The second kappa shape index (κ2) is 13.8. The summed E-state index contributed by atoms with van der Waals surface area (Å²) in [5.41, 5.74) is 3.28. The fraction of sp³-hybridized carbons (Fsp3) is 0.500. The molecule has 0 aliphatic heterocycles.